The molecule has 8 heteroatoms. The number of esters is 1. The topological polar surface area (TPSA) is 63.7 Å². The van der Waals surface area contributed by atoms with Crippen molar-refractivity contribution in [1.29, 1.82) is 0 Å². The molecular weight excluding hydrogens is 321 g/mol. The molecule has 21 heavy (non-hydrogen) atoms. The molecule has 1 unspecified atom stereocenters. The Morgan fingerprint density at radius 1 is 1.43 bits per heavy atom. The van der Waals surface area contributed by atoms with Crippen LogP contribution in [-0.2, 0) is 19.6 Å². The molecule has 2 rings (SSSR count). The molecule has 5 nitrogen and oxygen atoms in total. The molecule has 1 atom stereocenters. The second-order valence-electron chi connectivity index (χ2n) is 4.73. The molecule has 0 radical (unpaired) electrons. The maximum atomic E-state index is 13.1. The van der Waals surface area contributed by atoms with Gasteiger partial charge in [0.05, 0.1) is 12.1 Å². The lowest BCUT2D eigenvalue weighted by Crippen LogP contribution is -2.48. The van der Waals surface area contributed by atoms with E-state index in [-0.39, 0.29) is 16.5 Å². The van der Waals surface area contributed by atoms with Crippen LogP contribution in [0.5, 0.6) is 0 Å². The minimum atomic E-state index is -3.98. The van der Waals surface area contributed by atoms with Gasteiger partial charge in [0.2, 0.25) is 10.0 Å². The highest BCUT2D eigenvalue weighted by Crippen LogP contribution is 2.30. The van der Waals surface area contributed by atoms with Crippen molar-refractivity contribution in [2.24, 2.45) is 0 Å². The van der Waals surface area contributed by atoms with E-state index in [1.807, 2.05) is 0 Å². The SMILES string of the molecule is COC(=O)C1CCCCN1S(=O)(=O)c1ccc(F)cc1Cl. The van der Waals surface area contributed by atoms with E-state index >= 15 is 0 Å². The number of rotatable bonds is 3. The number of methoxy groups -OCH3 is 1. The predicted octanol–water partition coefficient (Wildman–Crippen LogP) is 2.20. The van der Waals surface area contributed by atoms with E-state index in [9.17, 15) is 17.6 Å². The third-order valence-corrected chi connectivity index (χ3v) is 5.80. The number of piperidine rings is 1. The number of sulfonamides is 1. The van der Waals surface area contributed by atoms with Crippen LogP contribution < -0.4 is 0 Å². The molecule has 1 aromatic rings. The Morgan fingerprint density at radius 3 is 2.76 bits per heavy atom. The van der Waals surface area contributed by atoms with Crippen molar-refractivity contribution in [3.8, 4) is 0 Å². The molecule has 116 valence electrons. The van der Waals surface area contributed by atoms with Gasteiger partial charge in [-0.25, -0.2) is 12.8 Å². The molecule has 0 saturated carbocycles. The van der Waals surface area contributed by atoms with Gasteiger partial charge in [0.25, 0.3) is 0 Å². The minimum absolute atomic E-state index is 0.204. The van der Waals surface area contributed by atoms with Crippen molar-refractivity contribution in [3.05, 3.63) is 29.0 Å². The van der Waals surface area contributed by atoms with Crippen LogP contribution in [0.25, 0.3) is 0 Å². The van der Waals surface area contributed by atoms with Crippen LogP contribution in [0.3, 0.4) is 0 Å². The first-order chi connectivity index (χ1) is 9.87. The number of hydrogen-bond donors (Lipinski definition) is 0. The number of ether oxygens (including phenoxy) is 1. The molecule has 1 heterocycles. The van der Waals surface area contributed by atoms with Gasteiger partial charge in [0, 0.05) is 6.54 Å². The number of carbonyl (C=O) groups excluding carboxylic acids is 1. The van der Waals surface area contributed by atoms with E-state index in [1.165, 1.54) is 7.11 Å². The summed E-state index contributed by atoms with van der Waals surface area (Å²) in [7, 11) is -2.76. The first-order valence-corrected chi connectivity index (χ1v) is 8.24. The summed E-state index contributed by atoms with van der Waals surface area (Å²) in [5, 5.41) is -0.204. The maximum Gasteiger partial charge on any atom is 0.324 e. The molecule has 1 aromatic carbocycles. The Balaban J connectivity index is 2.43. The van der Waals surface area contributed by atoms with Crippen LogP contribution >= 0.6 is 11.6 Å². The average Bonchev–Trinajstić information content (AvgIpc) is 2.46. The Labute approximate surface area is 127 Å². The summed E-state index contributed by atoms with van der Waals surface area (Å²) in [6, 6.07) is 2.20. The highest BCUT2D eigenvalue weighted by molar-refractivity contribution is 7.89. The summed E-state index contributed by atoms with van der Waals surface area (Å²) in [6.07, 6.45) is 1.78. The fraction of sp³-hybridized carbons (Fsp3) is 0.462. The fourth-order valence-electron chi connectivity index (χ4n) is 2.38. The zero-order valence-electron chi connectivity index (χ0n) is 11.4. The molecule has 1 aliphatic heterocycles. The molecule has 0 N–H and O–H groups in total. The van der Waals surface area contributed by atoms with Crippen LogP contribution in [0.2, 0.25) is 5.02 Å². The number of halogens is 2. The normalized spacial score (nSPS) is 20.2. The first kappa shape index (κ1) is 16.2. The molecule has 0 amide bonds. The van der Waals surface area contributed by atoms with Gasteiger partial charge < -0.3 is 4.74 Å². The Morgan fingerprint density at radius 2 is 2.14 bits per heavy atom. The lowest BCUT2D eigenvalue weighted by atomic mass is 10.1. The second-order valence-corrected chi connectivity index (χ2v) is 6.99. The lowest BCUT2D eigenvalue weighted by molar-refractivity contribution is -0.146. The number of benzene rings is 1. The summed E-state index contributed by atoms with van der Waals surface area (Å²) in [4.78, 5) is 11.6. The quantitative estimate of drug-likeness (QED) is 0.794. The zero-order valence-corrected chi connectivity index (χ0v) is 13.0. The van der Waals surface area contributed by atoms with Gasteiger partial charge >= 0.3 is 5.97 Å². The molecule has 0 spiro atoms. The van der Waals surface area contributed by atoms with Crippen molar-refractivity contribution in [1.82, 2.24) is 4.31 Å². The van der Waals surface area contributed by atoms with Crippen LogP contribution in [-0.4, -0.2) is 38.4 Å². The van der Waals surface area contributed by atoms with E-state index in [4.69, 9.17) is 11.6 Å². The fourth-order valence-corrected chi connectivity index (χ4v) is 4.53. The molecular formula is C13H15ClFNO4S. The highest BCUT2D eigenvalue weighted by atomic mass is 35.5. The lowest BCUT2D eigenvalue weighted by Gasteiger charge is -2.32. The van der Waals surface area contributed by atoms with Gasteiger partial charge in [-0.3, -0.25) is 4.79 Å². The summed E-state index contributed by atoms with van der Waals surface area (Å²) < 4.78 is 44.1. The van der Waals surface area contributed by atoms with Crippen LogP contribution in [0.1, 0.15) is 19.3 Å². The van der Waals surface area contributed by atoms with Crippen molar-refractivity contribution in [2.45, 2.75) is 30.2 Å². The highest BCUT2D eigenvalue weighted by Gasteiger charge is 2.39. The minimum Gasteiger partial charge on any atom is -0.468 e. The summed E-state index contributed by atoms with van der Waals surface area (Å²) in [5.41, 5.74) is 0. The standard InChI is InChI=1S/C13H15ClFNO4S/c1-20-13(17)11-4-2-3-7-16(11)21(18,19)12-6-5-9(15)8-10(12)14/h5-6,8,11H,2-4,7H2,1H3. The third kappa shape index (κ3) is 3.20. The van der Waals surface area contributed by atoms with Gasteiger partial charge in [0.15, 0.2) is 0 Å². The zero-order chi connectivity index (χ0) is 15.6. The molecule has 1 fully saturated rings. The maximum absolute atomic E-state index is 13.1. The molecule has 0 aromatic heterocycles. The van der Waals surface area contributed by atoms with Gasteiger partial charge in [-0.1, -0.05) is 11.6 Å². The van der Waals surface area contributed by atoms with Crippen LogP contribution in [0.4, 0.5) is 4.39 Å². The van der Waals surface area contributed by atoms with Crippen LogP contribution in [0.15, 0.2) is 23.1 Å². The second kappa shape index (κ2) is 6.29. The van der Waals surface area contributed by atoms with Gasteiger partial charge in [0.1, 0.15) is 16.8 Å². The third-order valence-electron chi connectivity index (χ3n) is 3.41. The Kier molecular flexibility index (Phi) is 4.85. The number of carbonyl (C=O) groups is 1. The van der Waals surface area contributed by atoms with Gasteiger partial charge in [-0.05, 0) is 37.5 Å². The molecule has 1 aliphatic rings. The van der Waals surface area contributed by atoms with Crippen molar-refractivity contribution in [3.63, 3.8) is 0 Å². The van der Waals surface area contributed by atoms with Gasteiger partial charge in [-0.15, -0.1) is 0 Å². The Bertz CT molecular complexity index is 650. The molecule has 0 aliphatic carbocycles. The van der Waals surface area contributed by atoms with E-state index < -0.39 is 27.9 Å². The largest absolute Gasteiger partial charge is 0.468 e. The smallest absolute Gasteiger partial charge is 0.324 e. The average molecular weight is 336 g/mol. The van der Waals surface area contributed by atoms with Crippen molar-refractivity contribution >= 4 is 27.6 Å². The van der Waals surface area contributed by atoms with E-state index in [1.54, 1.807) is 0 Å². The number of nitrogens with zero attached hydrogens (tertiary/aromatic N) is 1. The van der Waals surface area contributed by atoms with Crippen molar-refractivity contribution in [2.75, 3.05) is 13.7 Å². The van der Waals surface area contributed by atoms with E-state index in [0.29, 0.717) is 12.8 Å². The van der Waals surface area contributed by atoms with Crippen molar-refractivity contribution < 1.29 is 22.3 Å². The summed E-state index contributed by atoms with van der Waals surface area (Å²) >= 11 is 5.83. The Hall–Kier alpha value is -1.18. The van der Waals surface area contributed by atoms with E-state index in [0.717, 1.165) is 28.9 Å². The first-order valence-electron chi connectivity index (χ1n) is 6.42. The van der Waals surface area contributed by atoms with E-state index in [2.05, 4.69) is 4.74 Å². The predicted molar refractivity (Wildman–Crippen MR) is 75.0 cm³/mol. The summed E-state index contributed by atoms with van der Waals surface area (Å²) in [6.45, 7) is 0.204. The van der Waals surface area contributed by atoms with Gasteiger partial charge in [-0.2, -0.15) is 4.31 Å². The molecule has 0 bridgehead atoms. The number of hydrogen-bond acceptors (Lipinski definition) is 4. The monoisotopic (exact) mass is 335 g/mol. The molecule has 1 saturated heterocycles. The van der Waals surface area contributed by atoms with Crippen LogP contribution in [0, 0.1) is 5.82 Å². The summed E-state index contributed by atoms with van der Waals surface area (Å²) in [5.74, 6) is -1.22.